The number of thiazole rings is 1. The van der Waals surface area contributed by atoms with Gasteiger partial charge < -0.3 is 5.32 Å². The molecule has 0 saturated carbocycles. The number of para-hydroxylation sites is 1. The first-order valence-electron chi connectivity index (χ1n) is 8.66. The molecule has 1 aromatic heterocycles. The Morgan fingerprint density at radius 1 is 1.19 bits per heavy atom. The van der Waals surface area contributed by atoms with Crippen molar-refractivity contribution in [3.8, 4) is 0 Å². The van der Waals surface area contributed by atoms with Gasteiger partial charge in [-0.1, -0.05) is 47.2 Å². The van der Waals surface area contributed by atoms with Gasteiger partial charge in [0.25, 0.3) is 0 Å². The van der Waals surface area contributed by atoms with Gasteiger partial charge in [0.05, 0.1) is 22.7 Å². The average Bonchev–Trinajstić information content (AvgIpc) is 3.05. The van der Waals surface area contributed by atoms with E-state index < -0.39 is 6.04 Å². The number of halogens is 1. The van der Waals surface area contributed by atoms with Gasteiger partial charge in [-0.15, -0.1) is 0 Å². The number of anilines is 1. The number of fused-ring (bicyclic) bond motifs is 1. The van der Waals surface area contributed by atoms with Crippen LogP contribution in [0.4, 0.5) is 5.13 Å². The summed E-state index contributed by atoms with van der Waals surface area (Å²) in [7, 11) is 0. The molecule has 1 N–H and O–H groups in total. The molecule has 27 heavy (non-hydrogen) atoms. The van der Waals surface area contributed by atoms with E-state index in [1.54, 1.807) is 17.0 Å². The highest BCUT2D eigenvalue weighted by Crippen LogP contribution is 2.30. The molecule has 7 heteroatoms. The van der Waals surface area contributed by atoms with Crippen LogP contribution in [0.15, 0.2) is 48.5 Å². The molecule has 0 radical (unpaired) electrons. The van der Waals surface area contributed by atoms with E-state index in [0.29, 0.717) is 16.7 Å². The fraction of sp³-hybridized carbons (Fsp3) is 0.250. The third-order valence-corrected chi connectivity index (χ3v) is 5.47. The molecule has 0 aliphatic heterocycles. The highest BCUT2D eigenvalue weighted by Gasteiger charge is 2.23. The highest BCUT2D eigenvalue weighted by molar-refractivity contribution is 7.22. The molecule has 0 spiro atoms. The van der Waals surface area contributed by atoms with Crippen LogP contribution in [0, 0.1) is 0 Å². The van der Waals surface area contributed by atoms with Gasteiger partial charge in [-0.2, -0.15) is 0 Å². The zero-order chi connectivity index (χ0) is 19.4. The standard InChI is InChI=1S/C20H20ClN3O2S/c1-3-24(20-23-16-6-4-5-7-18(16)27-20)19(26)12-17(22-13(2)25)14-8-10-15(21)11-9-14/h4-11,17H,3,12H2,1-2H3,(H,22,25). The fourth-order valence-corrected chi connectivity index (χ4v) is 4.04. The van der Waals surface area contributed by atoms with E-state index in [4.69, 9.17) is 11.6 Å². The Hall–Kier alpha value is -2.44. The van der Waals surface area contributed by atoms with Crippen molar-refractivity contribution in [2.24, 2.45) is 0 Å². The molecule has 2 aromatic carbocycles. The fourth-order valence-electron chi connectivity index (χ4n) is 2.87. The van der Waals surface area contributed by atoms with E-state index in [0.717, 1.165) is 15.8 Å². The van der Waals surface area contributed by atoms with Gasteiger partial charge in [0, 0.05) is 18.5 Å². The lowest BCUT2D eigenvalue weighted by atomic mass is 10.0. The Morgan fingerprint density at radius 3 is 2.52 bits per heavy atom. The summed E-state index contributed by atoms with van der Waals surface area (Å²) < 4.78 is 1.04. The van der Waals surface area contributed by atoms with E-state index in [1.165, 1.54) is 18.3 Å². The lowest BCUT2D eigenvalue weighted by Gasteiger charge is -2.23. The van der Waals surface area contributed by atoms with Gasteiger partial charge in [0.2, 0.25) is 11.8 Å². The van der Waals surface area contributed by atoms with Crippen LogP contribution in [0.25, 0.3) is 10.2 Å². The molecule has 0 fully saturated rings. The minimum absolute atomic E-state index is 0.0924. The molecule has 1 heterocycles. The average molecular weight is 402 g/mol. The summed E-state index contributed by atoms with van der Waals surface area (Å²) >= 11 is 7.44. The zero-order valence-corrected chi connectivity index (χ0v) is 16.7. The monoisotopic (exact) mass is 401 g/mol. The van der Waals surface area contributed by atoms with E-state index in [1.807, 2.05) is 43.3 Å². The van der Waals surface area contributed by atoms with Crippen LogP contribution in [0.3, 0.4) is 0 Å². The second-order valence-electron chi connectivity index (χ2n) is 6.11. The first kappa shape index (κ1) is 19.3. The molecular formula is C20H20ClN3O2S. The summed E-state index contributed by atoms with van der Waals surface area (Å²) in [6.45, 7) is 3.87. The highest BCUT2D eigenvalue weighted by atomic mass is 35.5. The minimum atomic E-state index is -0.421. The van der Waals surface area contributed by atoms with Crippen LogP contribution in [0.1, 0.15) is 31.9 Å². The number of hydrogen-bond donors (Lipinski definition) is 1. The number of aromatic nitrogens is 1. The van der Waals surface area contributed by atoms with Crippen molar-refractivity contribution in [1.29, 1.82) is 0 Å². The number of carbonyl (C=O) groups excluding carboxylic acids is 2. The lowest BCUT2D eigenvalue weighted by Crippen LogP contribution is -2.35. The number of benzene rings is 2. The predicted molar refractivity (Wildman–Crippen MR) is 110 cm³/mol. The summed E-state index contributed by atoms with van der Waals surface area (Å²) in [6.07, 6.45) is 0.144. The summed E-state index contributed by atoms with van der Waals surface area (Å²) in [5, 5.41) is 4.13. The molecule has 1 atom stereocenters. The van der Waals surface area contributed by atoms with Crippen molar-refractivity contribution < 1.29 is 9.59 Å². The maximum absolute atomic E-state index is 13.0. The molecule has 3 aromatic rings. The first-order valence-corrected chi connectivity index (χ1v) is 9.86. The van der Waals surface area contributed by atoms with Crippen molar-refractivity contribution in [1.82, 2.24) is 10.3 Å². The van der Waals surface area contributed by atoms with Gasteiger partial charge >= 0.3 is 0 Å². The Labute approximate surface area is 167 Å². The molecule has 1 unspecified atom stereocenters. The number of amides is 2. The Bertz CT molecular complexity index is 922. The van der Waals surface area contributed by atoms with E-state index in [9.17, 15) is 9.59 Å². The first-order chi connectivity index (χ1) is 13.0. The van der Waals surface area contributed by atoms with E-state index in [2.05, 4.69) is 10.3 Å². The molecular weight excluding hydrogens is 382 g/mol. The Balaban J connectivity index is 1.84. The van der Waals surface area contributed by atoms with Crippen molar-refractivity contribution in [3.05, 3.63) is 59.1 Å². The molecule has 0 saturated heterocycles. The third kappa shape index (κ3) is 4.64. The van der Waals surface area contributed by atoms with Gasteiger partial charge in [-0.05, 0) is 36.8 Å². The number of hydrogen-bond acceptors (Lipinski definition) is 4. The second kappa shape index (κ2) is 8.50. The maximum Gasteiger partial charge on any atom is 0.231 e. The van der Waals surface area contributed by atoms with Gasteiger partial charge in [-0.25, -0.2) is 4.98 Å². The third-order valence-electron chi connectivity index (χ3n) is 4.16. The van der Waals surface area contributed by atoms with Crippen molar-refractivity contribution in [3.63, 3.8) is 0 Å². The topological polar surface area (TPSA) is 62.3 Å². The van der Waals surface area contributed by atoms with E-state index in [-0.39, 0.29) is 18.2 Å². The second-order valence-corrected chi connectivity index (χ2v) is 7.56. The van der Waals surface area contributed by atoms with Crippen LogP contribution in [0.2, 0.25) is 5.02 Å². The Morgan fingerprint density at radius 2 is 1.89 bits per heavy atom. The summed E-state index contributed by atoms with van der Waals surface area (Å²) in [6, 6.07) is 14.5. The van der Waals surface area contributed by atoms with Crippen LogP contribution in [-0.4, -0.2) is 23.3 Å². The molecule has 5 nitrogen and oxygen atoms in total. The van der Waals surface area contributed by atoms with Crippen LogP contribution >= 0.6 is 22.9 Å². The lowest BCUT2D eigenvalue weighted by molar-refractivity contribution is -0.121. The summed E-state index contributed by atoms with van der Waals surface area (Å²) in [4.78, 5) is 30.9. The number of rotatable bonds is 6. The van der Waals surface area contributed by atoms with Crippen molar-refractivity contribution in [2.75, 3.05) is 11.4 Å². The van der Waals surface area contributed by atoms with Crippen LogP contribution < -0.4 is 10.2 Å². The molecule has 0 bridgehead atoms. The predicted octanol–water partition coefficient (Wildman–Crippen LogP) is 4.57. The number of nitrogens with zero attached hydrogens (tertiary/aromatic N) is 2. The maximum atomic E-state index is 13.0. The van der Waals surface area contributed by atoms with Gasteiger partial charge in [0.1, 0.15) is 0 Å². The zero-order valence-electron chi connectivity index (χ0n) is 15.1. The van der Waals surface area contributed by atoms with Crippen molar-refractivity contribution >= 4 is 50.1 Å². The molecule has 0 aliphatic rings. The van der Waals surface area contributed by atoms with E-state index >= 15 is 0 Å². The number of carbonyl (C=O) groups is 2. The summed E-state index contributed by atoms with van der Waals surface area (Å²) in [5.41, 5.74) is 1.71. The van der Waals surface area contributed by atoms with Gasteiger partial charge in [-0.3, -0.25) is 14.5 Å². The normalized spacial score (nSPS) is 12.0. The van der Waals surface area contributed by atoms with Gasteiger partial charge in [0.15, 0.2) is 5.13 Å². The minimum Gasteiger partial charge on any atom is -0.349 e. The summed E-state index contributed by atoms with van der Waals surface area (Å²) in [5.74, 6) is -0.281. The molecule has 2 amide bonds. The molecule has 140 valence electrons. The SMILES string of the molecule is CCN(C(=O)CC(NC(C)=O)c1ccc(Cl)cc1)c1nc2ccccc2s1. The van der Waals surface area contributed by atoms with Crippen LogP contribution in [0.5, 0.6) is 0 Å². The number of nitrogens with one attached hydrogen (secondary N) is 1. The largest absolute Gasteiger partial charge is 0.349 e. The van der Waals surface area contributed by atoms with Crippen molar-refractivity contribution in [2.45, 2.75) is 26.3 Å². The smallest absolute Gasteiger partial charge is 0.231 e. The quantitative estimate of drug-likeness (QED) is 0.658. The van der Waals surface area contributed by atoms with Crippen LogP contribution in [-0.2, 0) is 9.59 Å². The molecule has 0 aliphatic carbocycles. The molecule has 3 rings (SSSR count). The Kier molecular flexibility index (Phi) is 6.08.